The van der Waals surface area contributed by atoms with E-state index < -0.39 is 5.97 Å². The first-order valence-electron chi connectivity index (χ1n) is 9.11. The van der Waals surface area contributed by atoms with Gasteiger partial charge in [-0.25, -0.2) is 14.6 Å². The normalized spacial score (nSPS) is 14.3. The summed E-state index contributed by atoms with van der Waals surface area (Å²) < 4.78 is 4.64. The third kappa shape index (κ3) is 5.75. The number of piperazine rings is 1. The zero-order valence-electron chi connectivity index (χ0n) is 16.3. The van der Waals surface area contributed by atoms with E-state index in [0.717, 1.165) is 13.1 Å². The van der Waals surface area contributed by atoms with Crippen molar-refractivity contribution in [3.63, 3.8) is 0 Å². The maximum Gasteiger partial charge on any atom is 0.337 e. The monoisotopic (exact) mass is 417 g/mol. The molecule has 0 radical (unpaired) electrons. The first-order valence-corrected chi connectivity index (χ1v) is 9.99. The van der Waals surface area contributed by atoms with Crippen LogP contribution in [-0.4, -0.2) is 73.0 Å². The molecule has 0 unspecified atom stereocenters. The van der Waals surface area contributed by atoms with E-state index in [2.05, 4.69) is 25.3 Å². The number of carbonyl (C=O) groups excluding carboxylic acids is 3. The van der Waals surface area contributed by atoms with E-state index in [1.54, 1.807) is 34.5 Å². The van der Waals surface area contributed by atoms with E-state index in [4.69, 9.17) is 0 Å². The van der Waals surface area contributed by atoms with E-state index >= 15 is 0 Å². The van der Waals surface area contributed by atoms with E-state index in [0.29, 0.717) is 35.2 Å². The Kier molecular flexibility index (Phi) is 6.78. The van der Waals surface area contributed by atoms with Crippen molar-refractivity contribution in [1.29, 1.82) is 0 Å². The van der Waals surface area contributed by atoms with Gasteiger partial charge in [-0.1, -0.05) is 0 Å². The Hall–Kier alpha value is -2.98. The van der Waals surface area contributed by atoms with Crippen LogP contribution in [-0.2, 0) is 16.0 Å². The van der Waals surface area contributed by atoms with Gasteiger partial charge in [-0.05, 0) is 31.3 Å². The van der Waals surface area contributed by atoms with Gasteiger partial charge in [0.25, 0.3) is 0 Å². The molecular weight excluding hydrogens is 394 g/mol. The number of carbonyl (C=O) groups is 3. The predicted octanol–water partition coefficient (Wildman–Crippen LogP) is 1.89. The van der Waals surface area contributed by atoms with Crippen molar-refractivity contribution in [2.75, 3.05) is 51.0 Å². The smallest absolute Gasteiger partial charge is 0.337 e. The van der Waals surface area contributed by atoms with Gasteiger partial charge < -0.3 is 19.9 Å². The fourth-order valence-corrected chi connectivity index (χ4v) is 3.50. The molecule has 1 aromatic heterocycles. The number of nitrogens with zero attached hydrogens (tertiary/aromatic N) is 3. The van der Waals surface area contributed by atoms with Crippen LogP contribution in [0.2, 0.25) is 0 Å². The molecule has 1 aliphatic heterocycles. The van der Waals surface area contributed by atoms with Crippen molar-refractivity contribution < 1.29 is 19.1 Å². The van der Waals surface area contributed by atoms with Crippen LogP contribution in [0.1, 0.15) is 16.1 Å². The minimum atomic E-state index is -0.434. The van der Waals surface area contributed by atoms with Gasteiger partial charge in [0.1, 0.15) is 0 Å². The highest BCUT2D eigenvalue weighted by Gasteiger charge is 2.20. The highest BCUT2D eigenvalue weighted by atomic mass is 32.1. The van der Waals surface area contributed by atoms with Crippen LogP contribution in [0.4, 0.5) is 15.6 Å². The second kappa shape index (κ2) is 9.48. The Bertz CT molecular complexity index is 875. The Morgan fingerprint density at radius 3 is 2.45 bits per heavy atom. The first-order chi connectivity index (χ1) is 13.9. The molecule has 1 aliphatic rings. The molecule has 2 aromatic rings. The summed E-state index contributed by atoms with van der Waals surface area (Å²) in [6.45, 7) is 3.05. The van der Waals surface area contributed by atoms with Crippen LogP contribution < -0.4 is 10.6 Å². The number of thiazole rings is 1. The number of anilines is 2. The van der Waals surface area contributed by atoms with E-state index in [9.17, 15) is 14.4 Å². The number of urea groups is 1. The summed E-state index contributed by atoms with van der Waals surface area (Å²) in [5, 5.41) is 7.77. The van der Waals surface area contributed by atoms with Gasteiger partial charge in [-0.15, -0.1) is 11.3 Å². The summed E-state index contributed by atoms with van der Waals surface area (Å²) in [5.41, 5.74) is 1.56. The molecular formula is C19H23N5O4S. The molecule has 3 amide bonds. The number of benzene rings is 1. The fourth-order valence-electron chi connectivity index (χ4n) is 2.80. The number of methoxy groups -OCH3 is 1. The standard InChI is InChI=1S/C19H23N5O4S/c1-23-7-9-24(10-8-23)19(27)22-18-21-15(12-29-18)11-16(25)20-14-5-3-13(4-6-14)17(26)28-2/h3-6,12H,7-11H2,1-2H3,(H,20,25)(H,21,22,27). The number of rotatable bonds is 5. The van der Waals surface area contributed by atoms with Gasteiger partial charge in [0, 0.05) is 37.2 Å². The molecule has 9 nitrogen and oxygen atoms in total. The summed E-state index contributed by atoms with van der Waals surface area (Å²) in [5.74, 6) is -0.672. The van der Waals surface area contributed by atoms with Crippen LogP contribution in [0.15, 0.2) is 29.6 Å². The fraction of sp³-hybridized carbons (Fsp3) is 0.368. The number of esters is 1. The van der Waals surface area contributed by atoms with Crippen molar-refractivity contribution in [3.05, 3.63) is 40.9 Å². The van der Waals surface area contributed by atoms with Crippen molar-refractivity contribution in [2.45, 2.75) is 6.42 Å². The molecule has 1 fully saturated rings. The lowest BCUT2D eigenvalue weighted by Crippen LogP contribution is -2.48. The van der Waals surface area contributed by atoms with Gasteiger partial charge in [0.05, 0.1) is 24.8 Å². The molecule has 0 spiro atoms. The third-order valence-electron chi connectivity index (χ3n) is 4.49. The number of aromatic nitrogens is 1. The zero-order valence-corrected chi connectivity index (χ0v) is 17.1. The molecule has 29 heavy (non-hydrogen) atoms. The number of hydrogen-bond donors (Lipinski definition) is 2. The van der Waals surface area contributed by atoms with Crippen molar-refractivity contribution in [1.82, 2.24) is 14.8 Å². The van der Waals surface area contributed by atoms with E-state index in [1.165, 1.54) is 18.4 Å². The molecule has 10 heteroatoms. The number of likely N-dealkylation sites (N-methyl/N-ethyl adjacent to an activating group) is 1. The third-order valence-corrected chi connectivity index (χ3v) is 5.29. The highest BCUT2D eigenvalue weighted by molar-refractivity contribution is 7.13. The summed E-state index contributed by atoms with van der Waals surface area (Å²) in [6, 6.07) is 6.25. The second-order valence-corrected chi connectivity index (χ2v) is 7.52. The molecule has 0 bridgehead atoms. The van der Waals surface area contributed by atoms with Crippen LogP contribution in [0.5, 0.6) is 0 Å². The molecule has 154 valence electrons. The lowest BCUT2D eigenvalue weighted by molar-refractivity contribution is -0.115. The minimum absolute atomic E-state index is 0.0830. The Morgan fingerprint density at radius 2 is 1.79 bits per heavy atom. The lowest BCUT2D eigenvalue weighted by atomic mass is 10.2. The summed E-state index contributed by atoms with van der Waals surface area (Å²) in [4.78, 5) is 44.2. The lowest BCUT2D eigenvalue weighted by Gasteiger charge is -2.32. The Morgan fingerprint density at radius 1 is 1.10 bits per heavy atom. The van der Waals surface area contributed by atoms with Gasteiger partial charge in [-0.2, -0.15) is 0 Å². The molecule has 0 aliphatic carbocycles. The van der Waals surface area contributed by atoms with Crippen LogP contribution >= 0.6 is 11.3 Å². The van der Waals surface area contributed by atoms with Crippen LogP contribution in [0.25, 0.3) is 0 Å². The number of hydrogen-bond acceptors (Lipinski definition) is 7. The topological polar surface area (TPSA) is 104 Å². The maximum atomic E-state index is 12.3. The minimum Gasteiger partial charge on any atom is -0.465 e. The Labute approximate surface area is 172 Å². The van der Waals surface area contributed by atoms with Crippen molar-refractivity contribution >= 4 is 40.1 Å². The van der Waals surface area contributed by atoms with Gasteiger partial charge in [0.2, 0.25) is 5.91 Å². The number of nitrogens with one attached hydrogen (secondary N) is 2. The largest absolute Gasteiger partial charge is 0.465 e. The molecule has 2 heterocycles. The molecule has 3 rings (SSSR count). The summed E-state index contributed by atoms with van der Waals surface area (Å²) in [6.07, 6.45) is 0.0830. The SMILES string of the molecule is COC(=O)c1ccc(NC(=O)Cc2csc(NC(=O)N3CCN(C)CC3)n2)cc1. The molecule has 0 atom stereocenters. The first kappa shape index (κ1) is 20.7. The molecule has 1 saturated heterocycles. The molecule has 2 N–H and O–H groups in total. The van der Waals surface area contributed by atoms with Crippen molar-refractivity contribution in [2.24, 2.45) is 0 Å². The summed E-state index contributed by atoms with van der Waals surface area (Å²) >= 11 is 1.29. The van der Waals surface area contributed by atoms with Crippen LogP contribution in [0, 0.1) is 0 Å². The van der Waals surface area contributed by atoms with Crippen LogP contribution in [0.3, 0.4) is 0 Å². The number of amides is 3. The Balaban J connectivity index is 1.49. The van der Waals surface area contributed by atoms with E-state index in [-0.39, 0.29) is 18.4 Å². The molecule has 1 aromatic carbocycles. The van der Waals surface area contributed by atoms with Gasteiger partial charge in [-0.3, -0.25) is 10.1 Å². The number of ether oxygens (including phenoxy) is 1. The van der Waals surface area contributed by atoms with Gasteiger partial charge in [0.15, 0.2) is 5.13 Å². The average molecular weight is 417 g/mol. The quantitative estimate of drug-likeness (QED) is 0.720. The highest BCUT2D eigenvalue weighted by Crippen LogP contribution is 2.18. The maximum absolute atomic E-state index is 12.3. The van der Waals surface area contributed by atoms with Gasteiger partial charge >= 0.3 is 12.0 Å². The van der Waals surface area contributed by atoms with E-state index in [1.807, 2.05) is 7.05 Å². The van der Waals surface area contributed by atoms with Crippen molar-refractivity contribution in [3.8, 4) is 0 Å². The second-order valence-electron chi connectivity index (χ2n) is 6.66. The summed E-state index contributed by atoms with van der Waals surface area (Å²) in [7, 11) is 3.34. The molecule has 0 saturated carbocycles. The average Bonchev–Trinajstić information content (AvgIpc) is 3.14. The zero-order chi connectivity index (χ0) is 20.8. The predicted molar refractivity (Wildman–Crippen MR) is 110 cm³/mol.